The molecule has 1 heterocycles. The van der Waals surface area contributed by atoms with E-state index in [9.17, 15) is 4.79 Å². The smallest absolute Gasteiger partial charge is 0.265 e. The Morgan fingerprint density at radius 1 is 1.50 bits per heavy atom. The first-order valence-corrected chi connectivity index (χ1v) is 8.09. The van der Waals surface area contributed by atoms with E-state index in [0.717, 1.165) is 21.6 Å². The van der Waals surface area contributed by atoms with E-state index in [-0.39, 0.29) is 5.91 Å². The highest BCUT2D eigenvalue weighted by atomic mass is 79.9. The first-order valence-electron chi connectivity index (χ1n) is 6.52. The summed E-state index contributed by atoms with van der Waals surface area (Å²) in [6, 6.07) is 7.67. The fourth-order valence-corrected chi connectivity index (χ4v) is 3.08. The Bertz CT molecular complexity index is 752. The number of amides is 1. The molecule has 0 aliphatic carbocycles. The fourth-order valence-electron chi connectivity index (χ4n) is 1.75. The minimum absolute atomic E-state index is 0.326. The van der Waals surface area contributed by atoms with Crippen molar-refractivity contribution in [2.75, 3.05) is 5.32 Å². The summed E-state index contributed by atoms with van der Waals surface area (Å²) in [6.07, 6.45) is -0.701. The number of carbonyl (C=O) groups excluding carboxylic acids is 1. The van der Waals surface area contributed by atoms with Gasteiger partial charge in [0.1, 0.15) is 22.4 Å². The molecule has 114 valence electrons. The minimum Gasteiger partial charge on any atom is -0.480 e. The van der Waals surface area contributed by atoms with Gasteiger partial charge < -0.3 is 10.1 Å². The summed E-state index contributed by atoms with van der Waals surface area (Å²) in [7, 11) is 0. The second kappa shape index (κ2) is 6.90. The van der Waals surface area contributed by atoms with Crippen molar-refractivity contribution in [3.63, 3.8) is 0 Å². The van der Waals surface area contributed by atoms with Crippen LogP contribution in [0.2, 0.25) is 0 Å². The van der Waals surface area contributed by atoms with E-state index in [1.54, 1.807) is 19.9 Å². The second-order valence-corrected chi connectivity index (χ2v) is 6.39. The number of ether oxygens (including phenoxy) is 1. The van der Waals surface area contributed by atoms with Gasteiger partial charge in [-0.25, -0.2) is 0 Å². The van der Waals surface area contributed by atoms with E-state index < -0.39 is 6.10 Å². The van der Waals surface area contributed by atoms with Gasteiger partial charge in [-0.15, -0.1) is 0 Å². The SMILES string of the molecule is Cc1ccc(OC(C)C(=O)Nc2snc(C)c2C#N)c(Br)c1. The summed E-state index contributed by atoms with van der Waals surface area (Å²) >= 11 is 4.50. The van der Waals surface area contributed by atoms with Crippen LogP contribution in [0.3, 0.4) is 0 Å². The molecule has 5 nitrogen and oxygen atoms in total. The zero-order valence-corrected chi connectivity index (χ0v) is 14.7. The van der Waals surface area contributed by atoms with Crippen molar-refractivity contribution < 1.29 is 9.53 Å². The lowest BCUT2D eigenvalue weighted by Crippen LogP contribution is -2.30. The molecular formula is C15H14BrN3O2S. The van der Waals surface area contributed by atoms with E-state index >= 15 is 0 Å². The topological polar surface area (TPSA) is 75.0 Å². The number of aryl methyl sites for hydroxylation is 2. The van der Waals surface area contributed by atoms with Gasteiger partial charge in [-0.1, -0.05) is 6.07 Å². The molecule has 0 radical (unpaired) electrons. The molecule has 1 aromatic heterocycles. The summed E-state index contributed by atoms with van der Waals surface area (Å²) in [5, 5.41) is 12.2. The van der Waals surface area contributed by atoms with E-state index in [4.69, 9.17) is 10.00 Å². The lowest BCUT2D eigenvalue weighted by Gasteiger charge is -2.15. The summed E-state index contributed by atoms with van der Waals surface area (Å²) in [6.45, 7) is 5.36. The molecule has 0 saturated heterocycles. The monoisotopic (exact) mass is 379 g/mol. The Hall–Kier alpha value is -1.91. The summed E-state index contributed by atoms with van der Waals surface area (Å²) in [5.41, 5.74) is 2.09. The molecule has 1 amide bonds. The van der Waals surface area contributed by atoms with Crippen molar-refractivity contribution in [3.8, 4) is 11.8 Å². The van der Waals surface area contributed by atoms with Crippen LogP contribution >= 0.6 is 27.5 Å². The molecule has 2 aromatic rings. The molecule has 7 heteroatoms. The van der Waals surface area contributed by atoms with Crippen molar-refractivity contribution in [2.45, 2.75) is 26.9 Å². The molecule has 2 rings (SSSR count). The highest BCUT2D eigenvalue weighted by Gasteiger charge is 2.19. The highest BCUT2D eigenvalue weighted by molar-refractivity contribution is 9.10. The predicted octanol–water partition coefficient (Wildman–Crippen LogP) is 3.80. The third-order valence-electron chi connectivity index (χ3n) is 2.97. The van der Waals surface area contributed by atoms with Crippen molar-refractivity contribution >= 4 is 38.4 Å². The van der Waals surface area contributed by atoms with Gasteiger partial charge in [-0.2, -0.15) is 9.64 Å². The number of anilines is 1. The normalized spacial score (nSPS) is 11.6. The Labute approximate surface area is 141 Å². The summed E-state index contributed by atoms with van der Waals surface area (Å²) in [5.74, 6) is 0.266. The van der Waals surface area contributed by atoms with Crippen LogP contribution in [0, 0.1) is 25.2 Å². The average molecular weight is 380 g/mol. The number of nitrogens with zero attached hydrogens (tertiary/aromatic N) is 2. The third kappa shape index (κ3) is 3.64. The van der Waals surface area contributed by atoms with Crippen LogP contribution in [0.1, 0.15) is 23.7 Å². The van der Waals surface area contributed by atoms with Gasteiger partial charge in [0.25, 0.3) is 5.91 Å². The highest BCUT2D eigenvalue weighted by Crippen LogP contribution is 2.27. The number of halogens is 1. The van der Waals surface area contributed by atoms with E-state index in [1.807, 2.05) is 25.1 Å². The van der Waals surface area contributed by atoms with Crippen LogP contribution in [0.25, 0.3) is 0 Å². The van der Waals surface area contributed by atoms with Crippen molar-refractivity contribution in [3.05, 3.63) is 39.5 Å². The zero-order valence-electron chi connectivity index (χ0n) is 12.3. The molecule has 0 aliphatic heterocycles. The molecule has 0 aliphatic rings. The molecule has 0 fully saturated rings. The van der Waals surface area contributed by atoms with Crippen LogP contribution in [0.5, 0.6) is 5.75 Å². The number of hydrogen-bond acceptors (Lipinski definition) is 5. The standard InChI is InChI=1S/C15H14BrN3O2S/c1-8-4-5-13(12(16)6-8)21-10(3)14(20)18-15-11(7-17)9(2)19-22-15/h4-6,10H,1-3H3,(H,18,20). The Morgan fingerprint density at radius 3 is 2.86 bits per heavy atom. The first-order chi connectivity index (χ1) is 10.4. The quantitative estimate of drug-likeness (QED) is 0.876. The Balaban J connectivity index is 2.08. The van der Waals surface area contributed by atoms with Crippen molar-refractivity contribution in [1.82, 2.24) is 4.37 Å². The van der Waals surface area contributed by atoms with Crippen molar-refractivity contribution in [1.29, 1.82) is 5.26 Å². The van der Waals surface area contributed by atoms with E-state index in [0.29, 0.717) is 22.0 Å². The second-order valence-electron chi connectivity index (χ2n) is 4.77. The predicted molar refractivity (Wildman–Crippen MR) is 89.2 cm³/mol. The molecule has 1 unspecified atom stereocenters. The molecule has 1 aromatic carbocycles. The molecular weight excluding hydrogens is 366 g/mol. The number of aromatic nitrogens is 1. The Morgan fingerprint density at radius 2 is 2.23 bits per heavy atom. The minimum atomic E-state index is -0.701. The molecule has 0 bridgehead atoms. The van der Waals surface area contributed by atoms with E-state index in [1.165, 1.54) is 0 Å². The van der Waals surface area contributed by atoms with Crippen LogP contribution < -0.4 is 10.1 Å². The number of carbonyl (C=O) groups is 1. The van der Waals surface area contributed by atoms with E-state index in [2.05, 4.69) is 25.6 Å². The molecule has 1 N–H and O–H groups in total. The van der Waals surface area contributed by atoms with Gasteiger partial charge in [0.05, 0.1) is 10.2 Å². The molecule has 0 spiro atoms. The van der Waals surface area contributed by atoms with Gasteiger partial charge in [0.2, 0.25) is 0 Å². The first kappa shape index (κ1) is 16.5. The maximum absolute atomic E-state index is 12.2. The maximum atomic E-state index is 12.2. The van der Waals surface area contributed by atoms with Crippen LogP contribution in [-0.4, -0.2) is 16.4 Å². The average Bonchev–Trinajstić information content (AvgIpc) is 2.81. The van der Waals surface area contributed by atoms with Crippen LogP contribution in [0.15, 0.2) is 22.7 Å². The van der Waals surface area contributed by atoms with Crippen LogP contribution in [0.4, 0.5) is 5.00 Å². The Kier molecular flexibility index (Phi) is 5.16. The number of rotatable bonds is 4. The van der Waals surface area contributed by atoms with Gasteiger partial charge in [0.15, 0.2) is 6.10 Å². The summed E-state index contributed by atoms with van der Waals surface area (Å²) in [4.78, 5) is 12.2. The molecule has 0 saturated carbocycles. The fraction of sp³-hybridized carbons (Fsp3) is 0.267. The van der Waals surface area contributed by atoms with Gasteiger partial charge >= 0.3 is 0 Å². The third-order valence-corrected chi connectivity index (χ3v) is 4.45. The largest absolute Gasteiger partial charge is 0.480 e. The zero-order chi connectivity index (χ0) is 16.3. The van der Waals surface area contributed by atoms with Gasteiger partial charge in [0, 0.05) is 0 Å². The maximum Gasteiger partial charge on any atom is 0.265 e. The van der Waals surface area contributed by atoms with Crippen molar-refractivity contribution in [2.24, 2.45) is 0 Å². The van der Waals surface area contributed by atoms with Crippen LogP contribution in [-0.2, 0) is 4.79 Å². The lowest BCUT2D eigenvalue weighted by molar-refractivity contribution is -0.122. The number of nitriles is 1. The molecule has 22 heavy (non-hydrogen) atoms. The number of hydrogen-bond donors (Lipinski definition) is 1. The number of benzene rings is 1. The number of nitrogens with one attached hydrogen (secondary N) is 1. The van der Waals surface area contributed by atoms with Gasteiger partial charge in [-0.05, 0) is 65.9 Å². The molecule has 1 atom stereocenters. The lowest BCUT2D eigenvalue weighted by atomic mass is 10.2. The summed E-state index contributed by atoms with van der Waals surface area (Å²) < 4.78 is 10.5. The van der Waals surface area contributed by atoms with Gasteiger partial charge in [-0.3, -0.25) is 4.79 Å².